The van der Waals surface area contributed by atoms with Crippen LogP contribution in [0, 0.1) is 6.92 Å². The maximum atomic E-state index is 12.7. The van der Waals surface area contributed by atoms with E-state index in [4.69, 9.17) is 9.57 Å². The van der Waals surface area contributed by atoms with Crippen molar-refractivity contribution < 1.29 is 24.3 Å². The number of benzene rings is 2. The Bertz CT molecular complexity index is 1440. The molecule has 10 heteroatoms. The predicted molar refractivity (Wildman–Crippen MR) is 128 cm³/mol. The van der Waals surface area contributed by atoms with Crippen molar-refractivity contribution >= 4 is 17.9 Å². The minimum atomic E-state index is -1.62. The van der Waals surface area contributed by atoms with E-state index in [1.165, 1.54) is 22.9 Å². The van der Waals surface area contributed by atoms with Crippen molar-refractivity contribution in [1.82, 2.24) is 14.6 Å². The number of hydroxylamine groups is 2. The zero-order valence-corrected chi connectivity index (χ0v) is 19.3. The number of amides is 2. The molecule has 0 aliphatic carbocycles. The van der Waals surface area contributed by atoms with E-state index in [1.54, 1.807) is 31.2 Å². The van der Waals surface area contributed by atoms with Crippen LogP contribution in [0.15, 0.2) is 76.5 Å². The maximum Gasteiger partial charge on any atom is 0.330 e. The molecular formula is C26H23N3O7. The van der Waals surface area contributed by atoms with E-state index in [1.807, 2.05) is 30.3 Å². The average molecular weight is 489 g/mol. The molecule has 0 bridgehead atoms. The summed E-state index contributed by atoms with van der Waals surface area (Å²) in [5.41, 5.74) is -1.25. The summed E-state index contributed by atoms with van der Waals surface area (Å²) in [6.45, 7) is 1.20. The van der Waals surface area contributed by atoms with Gasteiger partial charge in [0.25, 0.3) is 17.4 Å². The quantitative estimate of drug-likeness (QED) is 0.505. The van der Waals surface area contributed by atoms with E-state index in [2.05, 4.69) is 4.98 Å². The third kappa shape index (κ3) is 4.22. The number of ether oxygens (including phenoxy) is 1. The average Bonchev–Trinajstić information content (AvgIpc) is 3.33. The summed E-state index contributed by atoms with van der Waals surface area (Å²) in [6.07, 6.45) is 2.59. The van der Waals surface area contributed by atoms with Crippen LogP contribution < -0.4 is 11.2 Å². The second-order valence-corrected chi connectivity index (χ2v) is 8.74. The first-order valence-corrected chi connectivity index (χ1v) is 11.3. The highest BCUT2D eigenvalue weighted by atomic mass is 16.7. The first kappa shape index (κ1) is 23.6. The monoisotopic (exact) mass is 489 g/mol. The lowest BCUT2D eigenvalue weighted by Gasteiger charge is -2.26. The summed E-state index contributed by atoms with van der Waals surface area (Å²) >= 11 is 0. The predicted octanol–water partition coefficient (Wildman–Crippen LogP) is 1.80. The van der Waals surface area contributed by atoms with Gasteiger partial charge in [-0.3, -0.25) is 28.8 Å². The van der Waals surface area contributed by atoms with E-state index in [0.29, 0.717) is 10.6 Å². The number of nitrogens with zero attached hydrogens (tertiary/aromatic N) is 2. The molecule has 2 aliphatic heterocycles. The molecule has 0 unspecified atom stereocenters. The number of rotatable bonds is 6. The molecule has 0 spiro atoms. The van der Waals surface area contributed by atoms with Crippen molar-refractivity contribution in [2.75, 3.05) is 6.61 Å². The molecule has 184 valence electrons. The Morgan fingerprint density at radius 3 is 2.36 bits per heavy atom. The number of fused-ring (bicyclic) bond motifs is 1. The molecule has 1 fully saturated rings. The molecule has 1 saturated heterocycles. The summed E-state index contributed by atoms with van der Waals surface area (Å²) in [4.78, 5) is 57.4. The second-order valence-electron chi connectivity index (χ2n) is 8.74. The number of hydrogen-bond donors (Lipinski definition) is 2. The Hall–Kier alpha value is -4.12. The van der Waals surface area contributed by atoms with Gasteiger partial charge < -0.3 is 9.84 Å². The van der Waals surface area contributed by atoms with Crippen molar-refractivity contribution in [3.63, 3.8) is 0 Å². The third-order valence-corrected chi connectivity index (χ3v) is 6.31. The van der Waals surface area contributed by atoms with Gasteiger partial charge >= 0.3 is 5.69 Å². The van der Waals surface area contributed by atoms with Crippen LogP contribution in [-0.4, -0.2) is 49.8 Å². The number of imide groups is 1. The molecule has 2 aromatic carbocycles. The highest BCUT2D eigenvalue weighted by Gasteiger charge is 2.48. The van der Waals surface area contributed by atoms with Gasteiger partial charge in [-0.1, -0.05) is 48.5 Å². The van der Waals surface area contributed by atoms with Crippen LogP contribution in [-0.2, 0) is 9.57 Å². The molecule has 0 radical (unpaired) electrons. The molecule has 3 atom stereocenters. The van der Waals surface area contributed by atoms with Crippen LogP contribution in [0.3, 0.4) is 0 Å². The smallest absolute Gasteiger partial charge is 0.330 e. The van der Waals surface area contributed by atoms with Gasteiger partial charge in [0.05, 0.1) is 11.1 Å². The first-order valence-electron chi connectivity index (χ1n) is 11.3. The summed E-state index contributed by atoms with van der Waals surface area (Å²) < 4.78 is 7.19. The molecule has 3 heterocycles. The molecular weight excluding hydrogens is 466 g/mol. The maximum absolute atomic E-state index is 12.7. The number of aromatic amines is 1. The lowest BCUT2D eigenvalue weighted by molar-refractivity contribution is -0.149. The minimum absolute atomic E-state index is 0.0438. The number of aryl methyl sites for hydroxylation is 1. The largest absolute Gasteiger partial charge is 0.383 e. The fourth-order valence-corrected chi connectivity index (χ4v) is 4.32. The Morgan fingerprint density at radius 1 is 1.06 bits per heavy atom. The normalized spacial score (nSPS) is 23.6. The topological polar surface area (TPSA) is 131 Å². The van der Waals surface area contributed by atoms with Crippen molar-refractivity contribution in [3.05, 3.63) is 110 Å². The highest BCUT2D eigenvalue weighted by Crippen LogP contribution is 2.38. The zero-order chi connectivity index (χ0) is 25.4. The minimum Gasteiger partial charge on any atom is -0.383 e. The van der Waals surface area contributed by atoms with Crippen LogP contribution in [0.1, 0.15) is 44.5 Å². The number of aliphatic hydroxyl groups is 1. The summed E-state index contributed by atoms with van der Waals surface area (Å²) in [7, 11) is 0. The van der Waals surface area contributed by atoms with E-state index < -0.39 is 41.0 Å². The standard InChI is InChI=1S/C26H23N3O7/c1-16-14-28(25(33)27-22(16)30)21-13-26(34,12-11-17-7-3-2-4-8-17)20(36-21)15-35-29-23(31)18-9-5-6-10-19(18)24(29)32/h2-12,14,20-21,34H,13,15H2,1H3,(H,27,30,33)/t20-,21-,26+/m1/s1. The molecule has 0 saturated carbocycles. The van der Waals surface area contributed by atoms with Gasteiger partial charge in [-0.15, -0.1) is 5.06 Å². The number of aromatic nitrogens is 2. The Morgan fingerprint density at radius 2 is 1.69 bits per heavy atom. The molecule has 1 aromatic heterocycles. The molecule has 2 N–H and O–H groups in total. The number of carbonyl (C=O) groups excluding carboxylic acids is 2. The van der Waals surface area contributed by atoms with Crippen LogP contribution >= 0.6 is 0 Å². The van der Waals surface area contributed by atoms with Gasteiger partial charge in [0, 0.05) is 18.2 Å². The van der Waals surface area contributed by atoms with Crippen molar-refractivity contribution in [2.45, 2.75) is 31.3 Å². The van der Waals surface area contributed by atoms with Gasteiger partial charge in [0.15, 0.2) is 0 Å². The summed E-state index contributed by atoms with van der Waals surface area (Å²) in [6, 6.07) is 15.6. The Kier molecular flexibility index (Phi) is 6.00. The van der Waals surface area contributed by atoms with E-state index in [9.17, 15) is 24.3 Å². The fraction of sp³-hybridized carbons (Fsp3) is 0.231. The van der Waals surface area contributed by atoms with E-state index >= 15 is 0 Å². The number of carbonyl (C=O) groups is 2. The third-order valence-electron chi connectivity index (χ3n) is 6.31. The van der Waals surface area contributed by atoms with Crippen LogP contribution in [0.4, 0.5) is 0 Å². The SMILES string of the molecule is Cc1cn([C@H]2C[C@@](O)(C=Cc3ccccc3)[C@@H](CON3C(=O)c4ccccc4C3=O)O2)c(=O)[nH]c1=O. The van der Waals surface area contributed by atoms with Crippen LogP contribution in [0.25, 0.3) is 6.08 Å². The molecule has 2 amide bonds. The summed E-state index contributed by atoms with van der Waals surface area (Å²) in [5.74, 6) is -1.22. The van der Waals surface area contributed by atoms with E-state index in [0.717, 1.165) is 5.56 Å². The molecule has 5 rings (SSSR count). The van der Waals surface area contributed by atoms with Crippen molar-refractivity contribution in [1.29, 1.82) is 0 Å². The van der Waals surface area contributed by atoms with Gasteiger partial charge in [-0.25, -0.2) is 4.79 Å². The number of hydrogen-bond acceptors (Lipinski definition) is 7. The first-order chi connectivity index (χ1) is 17.3. The lowest BCUT2D eigenvalue weighted by Crippen LogP contribution is -2.42. The lowest BCUT2D eigenvalue weighted by atomic mass is 9.93. The summed E-state index contributed by atoms with van der Waals surface area (Å²) in [5, 5.41) is 12.2. The van der Waals surface area contributed by atoms with Crippen molar-refractivity contribution in [2.24, 2.45) is 0 Å². The second kappa shape index (κ2) is 9.15. The van der Waals surface area contributed by atoms with Gasteiger partial charge in [0.2, 0.25) is 0 Å². The Balaban J connectivity index is 1.42. The van der Waals surface area contributed by atoms with Crippen LogP contribution in [0.5, 0.6) is 0 Å². The van der Waals surface area contributed by atoms with Gasteiger partial charge in [-0.05, 0) is 30.7 Å². The van der Waals surface area contributed by atoms with Crippen molar-refractivity contribution in [3.8, 4) is 0 Å². The zero-order valence-electron chi connectivity index (χ0n) is 19.3. The fourth-order valence-electron chi connectivity index (χ4n) is 4.32. The van der Waals surface area contributed by atoms with E-state index in [-0.39, 0.29) is 24.2 Å². The van der Waals surface area contributed by atoms with Gasteiger partial charge in [0.1, 0.15) is 24.5 Å². The number of nitrogens with one attached hydrogen (secondary N) is 1. The molecule has 2 aliphatic rings. The van der Waals surface area contributed by atoms with Gasteiger partial charge in [-0.2, -0.15) is 0 Å². The molecule has 36 heavy (non-hydrogen) atoms. The molecule has 3 aromatic rings. The number of H-pyrrole nitrogens is 1. The van der Waals surface area contributed by atoms with Crippen LogP contribution in [0.2, 0.25) is 0 Å². The Labute approximate surface area is 205 Å². The molecule has 10 nitrogen and oxygen atoms in total. The highest BCUT2D eigenvalue weighted by molar-refractivity contribution is 6.20.